The first-order valence-corrected chi connectivity index (χ1v) is 7.18. The third-order valence-corrected chi connectivity index (χ3v) is 3.50. The fourth-order valence-corrected chi connectivity index (χ4v) is 2.20. The van der Waals surface area contributed by atoms with Crippen molar-refractivity contribution in [2.24, 2.45) is 0 Å². The summed E-state index contributed by atoms with van der Waals surface area (Å²) in [5, 5.41) is 7.42. The summed E-state index contributed by atoms with van der Waals surface area (Å²) in [5.74, 6) is -3.15. The second-order valence-electron chi connectivity index (χ2n) is 5.34. The first kappa shape index (κ1) is 20.1. The van der Waals surface area contributed by atoms with Gasteiger partial charge in [-0.1, -0.05) is 12.1 Å². The Hall–Kier alpha value is -1.93. The first-order valence-electron chi connectivity index (χ1n) is 7.18. The number of nitrogens with one attached hydrogen (secondary N) is 3. The number of halogens is 3. The van der Waals surface area contributed by atoms with Crippen LogP contribution in [0.1, 0.15) is 12.0 Å². The minimum atomic E-state index is -2.88. The van der Waals surface area contributed by atoms with E-state index in [0.29, 0.717) is 12.3 Å². The number of amides is 2. The van der Waals surface area contributed by atoms with Crippen LogP contribution in [0.15, 0.2) is 24.3 Å². The fraction of sp³-hybridized carbons (Fsp3) is 0.467. The molecule has 134 valence electrons. The lowest BCUT2D eigenvalue weighted by Crippen LogP contribution is -2.44. The molecule has 1 aromatic rings. The molecule has 1 saturated heterocycles. The third-order valence-electron chi connectivity index (χ3n) is 3.50. The van der Waals surface area contributed by atoms with Gasteiger partial charge in [-0.05, 0) is 17.7 Å². The van der Waals surface area contributed by atoms with E-state index in [4.69, 9.17) is 4.74 Å². The van der Waals surface area contributed by atoms with Crippen molar-refractivity contribution in [1.29, 1.82) is 0 Å². The Morgan fingerprint density at radius 3 is 2.50 bits per heavy atom. The Morgan fingerprint density at radius 2 is 1.96 bits per heavy atom. The Balaban J connectivity index is 0.00000288. The van der Waals surface area contributed by atoms with Gasteiger partial charge >= 0.3 is 0 Å². The molecule has 0 aromatic heterocycles. The molecule has 1 aromatic carbocycles. The van der Waals surface area contributed by atoms with Gasteiger partial charge < -0.3 is 15.4 Å². The molecule has 1 aliphatic heterocycles. The number of alkyl halides is 2. The van der Waals surface area contributed by atoms with Crippen LogP contribution in [0.5, 0.6) is 5.75 Å². The maximum absolute atomic E-state index is 13.0. The van der Waals surface area contributed by atoms with Crippen LogP contribution in [0, 0.1) is 0 Å². The van der Waals surface area contributed by atoms with Crippen LogP contribution >= 0.6 is 12.4 Å². The van der Waals surface area contributed by atoms with Crippen LogP contribution in [0.4, 0.5) is 8.78 Å². The van der Waals surface area contributed by atoms with Crippen molar-refractivity contribution in [2.45, 2.75) is 24.9 Å². The van der Waals surface area contributed by atoms with Crippen LogP contribution in [0.25, 0.3) is 0 Å². The zero-order valence-corrected chi connectivity index (χ0v) is 13.9. The average Bonchev–Trinajstić information content (AvgIpc) is 2.91. The molecule has 1 atom stereocenters. The predicted molar refractivity (Wildman–Crippen MR) is 86.5 cm³/mol. The van der Waals surface area contributed by atoms with E-state index < -0.39 is 30.8 Å². The van der Waals surface area contributed by atoms with E-state index in [9.17, 15) is 18.4 Å². The molecule has 2 rings (SSSR count). The highest BCUT2D eigenvalue weighted by molar-refractivity contribution is 5.87. The van der Waals surface area contributed by atoms with Gasteiger partial charge in [-0.15, -0.1) is 12.4 Å². The second-order valence-corrected chi connectivity index (χ2v) is 5.34. The summed E-state index contributed by atoms with van der Waals surface area (Å²) < 4.78 is 31.0. The highest BCUT2D eigenvalue weighted by Crippen LogP contribution is 2.24. The van der Waals surface area contributed by atoms with Gasteiger partial charge in [-0.3, -0.25) is 14.9 Å². The molecule has 2 amide bonds. The van der Waals surface area contributed by atoms with Gasteiger partial charge in [0.15, 0.2) is 0 Å². The van der Waals surface area contributed by atoms with E-state index in [0.717, 1.165) is 5.56 Å². The van der Waals surface area contributed by atoms with Crippen molar-refractivity contribution in [1.82, 2.24) is 16.0 Å². The molecule has 6 nitrogen and oxygen atoms in total. The highest BCUT2D eigenvalue weighted by Gasteiger charge is 2.42. The van der Waals surface area contributed by atoms with Gasteiger partial charge in [0.25, 0.3) is 5.92 Å². The molecule has 1 fully saturated rings. The van der Waals surface area contributed by atoms with E-state index in [1.165, 1.54) is 0 Å². The summed E-state index contributed by atoms with van der Waals surface area (Å²) in [6, 6.07) is 6.20. The van der Waals surface area contributed by atoms with Crippen LogP contribution in [0.2, 0.25) is 0 Å². The zero-order chi connectivity index (χ0) is 16.9. The summed E-state index contributed by atoms with van der Waals surface area (Å²) in [6.45, 7) is -0.466. The first-order chi connectivity index (χ1) is 10.9. The van der Waals surface area contributed by atoms with Gasteiger partial charge in [-0.25, -0.2) is 8.78 Å². The summed E-state index contributed by atoms with van der Waals surface area (Å²) >= 11 is 0. The number of rotatable bonds is 6. The Labute approximate surface area is 144 Å². The maximum atomic E-state index is 13.0. The monoisotopic (exact) mass is 363 g/mol. The fourth-order valence-electron chi connectivity index (χ4n) is 2.20. The smallest absolute Gasteiger partial charge is 0.262 e. The molecular weight excluding hydrogens is 344 g/mol. The Morgan fingerprint density at radius 1 is 1.29 bits per heavy atom. The molecule has 0 radical (unpaired) electrons. The number of methoxy groups -OCH3 is 1. The number of ether oxygens (including phenoxy) is 1. The summed E-state index contributed by atoms with van der Waals surface area (Å²) in [5.41, 5.74) is 0.877. The van der Waals surface area contributed by atoms with Crippen molar-refractivity contribution >= 4 is 24.2 Å². The lowest BCUT2D eigenvalue weighted by Gasteiger charge is -2.11. The van der Waals surface area contributed by atoms with E-state index in [1.54, 1.807) is 19.2 Å². The normalized spacial score (nSPS) is 18.4. The molecule has 0 aliphatic carbocycles. The molecule has 9 heteroatoms. The van der Waals surface area contributed by atoms with Crippen LogP contribution in [-0.4, -0.2) is 44.0 Å². The molecular formula is C15H20ClF2N3O3. The van der Waals surface area contributed by atoms with Gasteiger partial charge in [0.1, 0.15) is 5.75 Å². The number of hydrogen-bond donors (Lipinski definition) is 3. The standard InChI is InChI=1S/C15H19F2N3O3.ClH/c1-23-11-4-2-10(3-5-11)7-18-13(21)8-19-14(22)12-6-15(16,17)9-20-12;/h2-5,12,20H,6-9H2,1H3,(H,18,21)(H,19,22);1H. The molecule has 1 aliphatic rings. The quantitative estimate of drug-likeness (QED) is 0.700. The molecule has 1 heterocycles. The van der Waals surface area contributed by atoms with Crippen LogP contribution < -0.4 is 20.7 Å². The summed E-state index contributed by atoms with van der Waals surface area (Å²) in [7, 11) is 1.56. The Bertz CT molecular complexity index is 570. The molecule has 24 heavy (non-hydrogen) atoms. The van der Waals surface area contributed by atoms with Gasteiger partial charge in [0.2, 0.25) is 11.8 Å². The SMILES string of the molecule is COc1ccc(CNC(=O)CNC(=O)C2CC(F)(F)CN2)cc1.Cl. The minimum absolute atomic E-state index is 0. The average molecular weight is 364 g/mol. The number of benzene rings is 1. The number of carbonyl (C=O) groups excluding carboxylic acids is 2. The Kier molecular flexibility index (Phi) is 7.37. The zero-order valence-electron chi connectivity index (χ0n) is 13.1. The minimum Gasteiger partial charge on any atom is -0.497 e. The summed E-state index contributed by atoms with van der Waals surface area (Å²) in [4.78, 5) is 23.3. The van der Waals surface area contributed by atoms with Gasteiger partial charge in [-0.2, -0.15) is 0 Å². The van der Waals surface area contributed by atoms with Gasteiger partial charge in [0, 0.05) is 13.0 Å². The van der Waals surface area contributed by atoms with Crippen LogP contribution in [-0.2, 0) is 16.1 Å². The topological polar surface area (TPSA) is 79.5 Å². The molecule has 0 bridgehead atoms. The summed E-state index contributed by atoms with van der Waals surface area (Å²) in [6.07, 6.45) is -0.549. The second kappa shape index (κ2) is 8.79. The molecule has 1 unspecified atom stereocenters. The number of hydrogen-bond acceptors (Lipinski definition) is 4. The van der Waals surface area contributed by atoms with Crippen molar-refractivity contribution in [3.8, 4) is 5.75 Å². The number of carbonyl (C=O) groups is 2. The highest BCUT2D eigenvalue weighted by atomic mass is 35.5. The van der Waals surface area contributed by atoms with Crippen molar-refractivity contribution in [2.75, 3.05) is 20.2 Å². The molecule has 3 N–H and O–H groups in total. The van der Waals surface area contributed by atoms with E-state index >= 15 is 0 Å². The molecule has 0 saturated carbocycles. The lowest BCUT2D eigenvalue weighted by atomic mass is 10.2. The third kappa shape index (κ3) is 5.93. The maximum Gasteiger partial charge on any atom is 0.262 e. The van der Waals surface area contributed by atoms with Crippen LogP contribution in [0.3, 0.4) is 0 Å². The van der Waals surface area contributed by atoms with E-state index in [-0.39, 0.29) is 24.9 Å². The lowest BCUT2D eigenvalue weighted by molar-refractivity contribution is -0.127. The van der Waals surface area contributed by atoms with Crippen molar-refractivity contribution in [3.63, 3.8) is 0 Å². The van der Waals surface area contributed by atoms with E-state index in [2.05, 4.69) is 16.0 Å². The predicted octanol–water partition coefficient (Wildman–Crippen LogP) is 0.847. The largest absolute Gasteiger partial charge is 0.497 e. The van der Waals surface area contributed by atoms with Gasteiger partial charge in [0.05, 0.1) is 26.2 Å². The van der Waals surface area contributed by atoms with Crippen molar-refractivity contribution < 1.29 is 23.1 Å². The van der Waals surface area contributed by atoms with E-state index in [1.807, 2.05) is 12.1 Å². The molecule has 0 spiro atoms. The van der Waals surface area contributed by atoms with Crippen molar-refractivity contribution in [3.05, 3.63) is 29.8 Å².